The zero-order valence-corrected chi connectivity index (χ0v) is 19.8. The first-order valence-corrected chi connectivity index (χ1v) is 11.7. The number of hydrogen-bond donors (Lipinski definition) is 0. The number of carbonyl (C=O) groups is 3. The summed E-state index contributed by atoms with van der Waals surface area (Å²) in [4.78, 5) is 43.0. The van der Waals surface area contributed by atoms with Gasteiger partial charge in [-0.25, -0.2) is 4.79 Å². The summed E-state index contributed by atoms with van der Waals surface area (Å²) in [5.41, 5.74) is -0.801. The Bertz CT molecular complexity index is 683. The highest BCUT2D eigenvalue weighted by Crippen LogP contribution is 2.44. The number of amides is 2. The summed E-state index contributed by atoms with van der Waals surface area (Å²) < 4.78 is 10.6. The van der Waals surface area contributed by atoms with Crippen LogP contribution in [0.25, 0.3) is 0 Å². The number of piperidine rings is 2. The summed E-state index contributed by atoms with van der Waals surface area (Å²) in [6.07, 6.45) is 4.39. The van der Waals surface area contributed by atoms with Gasteiger partial charge < -0.3 is 19.3 Å². The van der Waals surface area contributed by atoms with E-state index in [0.717, 1.165) is 45.2 Å². The van der Waals surface area contributed by atoms with Crippen molar-refractivity contribution in [1.29, 1.82) is 0 Å². The average molecular weight is 438 g/mol. The SMILES string of the molecule is CC(=O)OCCN1C(=O)C2(CCCN(C3CCN(C(=O)OC(C)(C)C)CC3)C2)CC1C. The molecule has 0 aromatic carbocycles. The second kappa shape index (κ2) is 9.35. The lowest BCUT2D eigenvalue weighted by molar-refractivity contribution is -0.146. The van der Waals surface area contributed by atoms with E-state index in [0.29, 0.717) is 25.7 Å². The van der Waals surface area contributed by atoms with Gasteiger partial charge in [-0.3, -0.25) is 14.5 Å². The summed E-state index contributed by atoms with van der Waals surface area (Å²) in [7, 11) is 0. The molecule has 3 heterocycles. The fourth-order valence-corrected chi connectivity index (χ4v) is 5.44. The van der Waals surface area contributed by atoms with Gasteiger partial charge >= 0.3 is 12.1 Å². The van der Waals surface area contributed by atoms with Gasteiger partial charge in [0.05, 0.1) is 12.0 Å². The fourth-order valence-electron chi connectivity index (χ4n) is 5.44. The Hall–Kier alpha value is -1.83. The van der Waals surface area contributed by atoms with Crippen LogP contribution in [0.3, 0.4) is 0 Å². The Labute approximate surface area is 186 Å². The first-order chi connectivity index (χ1) is 14.5. The molecule has 3 aliphatic rings. The molecule has 0 bridgehead atoms. The molecule has 0 aromatic rings. The second-order valence-electron chi connectivity index (χ2n) is 10.4. The molecule has 3 fully saturated rings. The molecule has 31 heavy (non-hydrogen) atoms. The highest BCUT2D eigenvalue weighted by molar-refractivity contribution is 5.86. The Morgan fingerprint density at radius 3 is 2.45 bits per heavy atom. The quantitative estimate of drug-likeness (QED) is 0.629. The van der Waals surface area contributed by atoms with Crippen molar-refractivity contribution in [1.82, 2.24) is 14.7 Å². The summed E-state index contributed by atoms with van der Waals surface area (Å²) in [5.74, 6) is -0.0985. The maximum atomic E-state index is 13.4. The van der Waals surface area contributed by atoms with E-state index in [1.54, 1.807) is 4.90 Å². The minimum Gasteiger partial charge on any atom is -0.464 e. The summed E-state index contributed by atoms with van der Waals surface area (Å²) in [5, 5.41) is 0. The molecule has 2 atom stereocenters. The van der Waals surface area contributed by atoms with Crippen molar-refractivity contribution in [2.45, 2.75) is 84.4 Å². The Morgan fingerprint density at radius 1 is 1.16 bits per heavy atom. The van der Waals surface area contributed by atoms with Crippen molar-refractivity contribution >= 4 is 18.0 Å². The van der Waals surface area contributed by atoms with Crippen LogP contribution in [0, 0.1) is 5.41 Å². The Kier molecular flexibility index (Phi) is 7.18. The zero-order valence-electron chi connectivity index (χ0n) is 19.8. The van der Waals surface area contributed by atoms with Crippen molar-refractivity contribution in [2.24, 2.45) is 5.41 Å². The second-order valence-corrected chi connectivity index (χ2v) is 10.4. The lowest BCUT2D eigenvalue weighted by Gasteiger charge is -2.45. The van der Waals surface area contributed by atoms with Crippen molar-refractivity contribution in [3.63, 3.8) is 0 Å². The number of esters is 1. The van der Waals surface area contributed by atoms with E-state index < -0.39 is 5.60 Å². The topological polar surface area (TPSA) is 79.4 Å². The fraction of sp³-hybridized carbons (Fsp3) is 0.870. The van der Waals surface area contributed by atoms with Crippen molar-refractivity contribution in [2.75, 3.05) is 39.3 Å². The molecular formula is C23H39N3O5. The van der Waals surface area contributed by atoms with E-state index >= 15 is 0 Å². The molecule has 3 rings (SSSR count). The molecule has 3 aliphatic heterocycles. The molecule has 0 aliphatic carbocycles. The highest BCUT2D eigenvalue weighted by Gasteiger charge is 2.52. The lowest BCUT2D eigenvalue weighted by atomic mass is 9.76. The van der Waals surface area contributed by atoms with Crippen LogP contribution in [0.15, 0.2) is 0 Å². The first kappa shape index (κ1) is 23.8. The number of carbonyl (C=O) groups excluding carboxylic acids is 3. The van der Waals surface area contributed by atoms with Gasteiger partial charge in [0.25, 0.3) is 0 Å². The molecule has 1 spiro atoms. The van der Waals surface area contributed by atoms with Gasteiger partial charge in [0.2, 0.25) is 5.91 Å². The van der Waals surface area contributed by atoms with Crippen LogP contribution < -0.4 is 0 Å². The molecule has 0 radical (unpaired) electrons. The predicted octanol–water partition coefficient (Wildman–Crippen LogP) is 2.65. The van der Waals surface area contributed by atoms with E-state index in [1.807, 2.05) is 25.7 Å². The van der Waals surface area contributed by atoms with Crippen molar-refractivity contribution in [3.05, 3.63) is 0 Å². The van der Waals surface area contributed by atoms with Crippen molar-refractivity contribution < 1.29 is 23.9 Å². The normalized spacial score (nSPS) is 28.3. The van der Waals surface area contributed by atoms with Crippen molar-refractivity contribution in [3.8, 4) is 0 Å². The predicted molar refractivity (Wildman–Crippen MR) is 116 cm³/mol. The molecule has 176 valence electrons. The van der Waals surface area contributed by atoms with Crippen LogP contribution in [-0.2, 0) is 19.1 Å². The summed E-state index contributed by atoms with van der Waals surface area (Å²) >= 11 is 0. The monoisotopic (exact) mass is 437 g/mol. The Balaban J connectivity index is 1.55. The van der Waals surface area contributed by atoms with Gasteiger partial charge in [-0.15, -0.1) is 0 Å². The number of hydrogen-bond acceptors (Lipinski definition) is 6. The highest BCUT2D eigenvalue weighted by atomic mass is 16.6. The molecule has 0 N–H and O–H groups in total. The molecule has 8 heteroatoms. The maximum Gasteiger partial charge on any atom is 0.410 e. The maximum absolute atomic E-state index is 13.4. The van der Waals surface area contributed by atoms with E-state index in [9.17, 15) is 14.4 Å². The van der Waals surface area contributed by atoms with Gasteiger partial charge in [0.1, 0.15) is 12.2 Å². The largest absolute Gasteiger partial charge is 0.464 e. The zero-order chi connectivity index (χ0) is 22.8. The molecule has 0 saturated carbocycles. The van der Waals surface area contributed by atoms with Crippen LogP contribution >= 0.6 is 0 Å². The molecule has 3 saturated heterocycles. The first-order valence-electron chi connectivity index (χ1n) is 11.7. The molecule has 2 unspecified atom stereocenters. The minimum atomic E-state index is -0.478. The number of rotatable bonds is 4. The smallest absolute Gasteiger partial charge is 0.410 e. The van der Waals surface area contributed by atoms with E-state index in [2.05, 4.69) is 11.8 Å². The van der Waals surface area contributed by atoms with Crippen LogP contribution in [0.4, 0.5) is 4.79 Å². The molecule has 2 amide bonds. The number of likely N-dealkylation sites (tertiary alicyclic amines) is 3. The molecule has 8 nitrogen and oxygen atoms in total. The van der Waals surface area contributed by atoms with E-state index in [4.69, 9.17) is 9.47 Å². The standard InChI is InChI=1S/C23H39N3O5/c1-17-15-23(20(28)26(17)13-14-30-18(2)27)9-6-10-25(16-23)19-7-11-24(12-8-19)21(29)31-22(3,4)5/h17,19H,6-16H2,1-5H3. The average Bonchev–Trinajstić information content (AvgIpc) is 2.90. The third-order valence-corrected chi connectivity index (χ3v) is 6.81. The van der Waals surface area contributed by atoms with E-state index in [1.165, 1.54) is 6.92 Å². The van der Waals surface area contributed by atoms with Crippen LogP contribution in [0.1, 0.15) is 66.7 Å². The summed E-state index contributed by atoms with van der Waals surface area (Å²) in [6, 6.07) is 0.561. The van der Waals surface area contributed by atoms with Gasteiger partial charge in [0.15, 0.2) is 0 Å². The molecular weight excluding hydrogens is 398 g/mol. The Morgan fingerprint density at radius 2 is 1.84 bits per heavy atom. The van der Waals surface area contributed by atoms with Gasteiger partial charge in [-0.2, -0.15) is 0 Å². The van der Waals surface area contributed by atoms with Crippen LogP contribution in [-0.4, -0.2) is 89.7 Å². The number of nitrogens with zero attached hydrogens (tertiary/aromatic N) is 3. The van der Waals surface area contributed by atoms with E-state index in [-0.39, 0.29) is 36.0 Å². The van der Waals surface area contributed by atoms with Crippen LogP contribution in [0.2, 0.25) is 0 Å². The number of ether oxygens (including phenoxy) is 2. The minimum absolute atomic E-state index is 0.164. The van der Waals surface area contributed by atoms with Gasteiger partial charge in [-0.05, 0) is 66.3 Å². The summed E-state index contributed by atoms with van der Waals surface area (Å²) in [6.45, 7) is 13.1. The lowest BCUT2D eigenvalue weighted by Crippen LogP contribution is -2.54. The van der Waals surface area contributed by atoms with Crippen LogP contribution in [0.5, 0.6) is 0 Å². The third-order valence-electron chi connectivity index (χ3n) is 6.81. The molecule has 0 aromatic heterocycles. The third kappa shape index (κ3) is 5.70. The van der Waals surface area contributed by atoms with Gasteiger partial charge in [-0.1, -0.05) is 0 Å². The van der Waals surface area contributed by atoms with Gasteiger partial charge in [0, 0.05) is 38.6 Å².